The number of methoxy groups -OCH3 is 1. The number of carbonyl (C=O) groups excluding carboxylic acids is 1. The third kappa shape index (κ3) is 4.25. The van der Waals surface area contributed by atoms with Crippen molar-refractivity contribution in [2.24, 2.45) is 5.73 Å². The zero-order valence-corrected chi connectivity index (χ0v) is 10.8. The minimum atomic E-state index is -0.382. The summed E-state index contributed by atoms with van der Waals surface area (Å²) in [5.41, 5.74) is 6.45. The van der Waals surface area contributed by atoms with Crippen LogP contribution in [0.3, 0.4) is 0 Å². The molecule has 0 atom stereocenters. The quantitative estimate of drug-likeness (QED) is 0.738. The molecule has 100 valence electrons. The third-order valence-electron chi connectivity index (χ3n) is 2.33. The van der Waals surface area contributed by atoms with Crippen LogP contribution in [0.5, 0.6) is 11.5 Å². The van der Waals surface area contributed by atoms with E-state index in [0.717, 1.165) is 11.3 Å². The number of ether oxygens (including phenoxy) is 3. The summed E-state index contributed by atoms with van der Waals surface area (Å²) in [6, 6.07) is 5.40. The molecule has 2 N–H and O–H groups in total. The molecule has 0 fully saturated rings. The van der Waals surface area contributed by atoms with E-state index in [0.29, 0.717) is 25.3 Å². The highest BCUT2D eigenvalue weighted by atomic mass is 16.6. The molecular weight excluding hydrogens is 234 g/mol. The van der Waals surface area contributed by atoms with Crippen LogP contribution < -0.4 is 15.2 Å². The molecule has 1 aromatic rings. The molecule has 1 aromatic carbocycles. The molecule has 0 saturated heterocycles. The topological polar surface area (TPSA) is 70.8 Å². The summed E-state index contributed by atoms with van der Waals surface area (Å²) in [6.07, 6.45) is 0.662. The van der Waals surface area contributed by atoms with Gasteiger partial charge in [-0.15, -0.1) is 0 Å². The zero-order valence-electron chi connectivity index (χ0n) is 10.8. The van der Waals surface area contributed by atoms with Gasteiger partial charge >= 0.3 is 5.97 Å². The molecular formula is C13H19NO4. The molecule has 0 aliphatic rings. The van der Waals surface area contributed by atoms with Gasteiger partial charge < -0.3 is 19.9 Å². The summed E-state index contributed by atoms with van der Waals surface area (Å²) in [4.78, 5) is 11.2. The summed E-state index contributed by atoms with van der Waals surface area (Å²) < 4.78 is 15.3. The van der Waals surface area contributed by atoms with Crippen molar-refractivity contribution in [2.75, 3.05) is 26.9 Å². The van der Waals surface area contributed by atoms with Crippen molar-refractivity contribution in [1.82, 2.24) is 0 Å². The SMILES string of the molecule is CCOC(=O)COc1ccc(OC)cc1CCN. The van der Waals surface area contributed by atoms with Gasteiger partial charge in [0.25, 0.3) is 0 Å². The van der Waals surface area contributed by atoms with Gasteiger partial charge in [0.2, 0.25) is 0 Å². The van der Waals surface area contributed by atoms with E-state index < -0.39 is 0 Å². The van der Waals surface area contributed by atoms with Gasteiger partial charge in [-0.1, -0.05) is 0 Å². The van der Waals surface area contributed by atoms with Gasteiger partial charge in [-0.3, -0.25) is 0 Å². The van der Waals surface area contributed by atoms with E-state index in [1.807, 2.05) is 6.07 Å². The minimum absolute atomic E-state index is 0.0995. The van der Waals surface area contributed by atoms with Crippen molar-refractivity contribution in [1.29, 1.82) is 0 Å². The van der Waals surface area contributed by atoms with Crippen LogP contribution in [0.25, 0.3) is 0 Å². The molecule has 1 rings (SSSR count). The van der Waals surface area contributed by atoms with Gasteiger partial charge in [-0.25, -0.2) is 4.79 Å². The Bertz CT molecular complexity index is 393. The molecule has 0 spiro atoms. The average molecular weight is 253 g/mol. The van der Waals surface area contributed by atoms with Crippen LogP contribution in [0.1, 0.15) is 12.5 Å². The van der Waals surface area contributed by atoms with E-state index in [1.165, 1.54) is 0 Å². The summed E-state index contributed by atoms with van der Waals surface area (Å²) in [5, 5.41) is 0. The van der Waals surface area contributed by atoms with Gasteiger partial charge in [0.05, 0.1) is 13.7 Å². The van der Waals surface area contributed by atoms with E-state index in [2.05, 4.69) is 0 Å². The lowest BCUT2D eigenvalue weighted by Gasteiger charge is -2.12. The van der Waals surface area contributed by atoms with E-state index in [9.17, 15) is 4.79 Å². The Labute approximate surface area is 107 Å². The van der Waals surface area contributed by atoms with Crippen LogP contribution in [-0.4, -0.2) is 32.8 Å². The standard InChI is InChI=1S/C13H19NO4/c1-3-17-13(15)9-18-12-5-4-11(16-2)8-10(12)6-7-14/h4-5,8H,3,6-7,9,14H2,1-2H3. The Morgan fingerprint density at radius 2 is 2.17 bits per heavy atom. The number of benzene rings is 1. The van der Waals surface area contributed by atoms with Crippen LogP contribution in [0.2, 0.25) is 0 Å². The maximum atomic E-state index is 11.2. The lowest BCUT2D eigenvalue weighted by Crippen LogP contribution is -2.15. The molecule has 0 bridgehead atoms. The average Bonchev–Trinajstić information content (AvgIpc) is 2.38. The molecule has 18 heavy (non-hydrogen) atoms. The van der Waals surface area contributed by atoms with E-state index >= 15 is 0 Å². The summed E-state index contributed by atoms with van der Waals surface area (Å²) in [5.74, 6) is 0.989. The summed E-state index contributed by atoms with van der Waals surface area (Å²) in [7, 11) is 1.60. The van der Waals surface area contributed by atoms with Crippen LogP contribution in [-0.2, 0) is 16.0 Å². The Morgan fingerprint density at radius 1 is 1.39 bits per heavy atom. The fourth-order valence-electron chi connectivity index (χ4n) is 1.51. The van der Waals surface area contributed by atoms with Crippen molar-refractivity contribution in [3.63, 3.8) is 0 Å². The van der Waals surface area contributed by atoms with Crippen molar-refractivity contribution >= 4 is 5.97 Å². The first-order valence-electron chi connectivity index (χ1n) is 5.86. The van der Waals surface area contributed by atoms with Crippen molar-refractivity contribution < 1.29 is 19.0 Å². The van der Waals surface area contributed by atoms with Gasteiger partial charge in [0.15, 0.2) is 6.61 Å². The molecule has 5 heteroatoms. The van der Waals surface area contributed by atoms with Crippen molar-refractivity contribution in [3.8, 4) is 11.5 Å². The van der Waals surface area contributed by atoms with E-state index in [1.54, 1.807) is 26.2 Å². The normalized spacial score (nSPS) is 9.94. The molecule has 0 radical (unpaired) electrons. The Morgan fingerprint density at radius 3 is 2.78 bits per heavy atom. The van der Waals surface area contributed by atoms with Crippen LogP contribution in [0.15, 0.2) is 18.2 Å². The monoisotopic (exact) mass is 253 g/mol. The first-order chi connectivity index (χ1) is 8.71. The van der Waals surface area contributed by atoms with E-state index in [-0.39, 0.29) is 12.6 Å². The van der Waals surface area contributed by atoms with Gasteiger partial charge in [0.1, 0.15) is 11.5 Å². The van der Waals surface area contributed by atoms with Gasteiger partial charge in [-0.2, -0.15) is 0 Å². The maximum absolute atomic E-state index is 11.2. The number of hydrogen-bond donors (Lipinski definition) is 1. The Hall–Kier alpha value is -1.75. The fourth-order valence-corrected chi connectivity index (χ4v) is 1.51. The molecule has 0 aromatic heterocycles. The predicted octanol–water partition coefficient (Wildman–Crippen LogP) is 1.14. The van der Waals surface area contributed by atoms with Crippen molar-refractivity contribution in [3.05, 3.63) is 23.8 Å². The van der Waals surface area contributed by atoms with Gasteiger partial charge in [-0.05, 0) is 43.7 Å². The number of nitrogens with two attached hydrogens (primary N) is 1. The highest BCUT2D eigenvalue weighted by Gasteiger charge is 2.08. The Kier molecular flexibility index (Phi) is 6.00. The second kappa shape index (κ2) is 7.55. The smallest absolute Gasteiger partial charge is 0.344 e. The number of rotatable bonds is 7. The highest BCUT2D eigenvalue weighted by Crippen LogP contribution is 2.24. The van der Waals surface area contributed by atoms with Crippen LogP contribution >= 0.6 is 0 Å². The molecule has 0 aliphatic heterocycles. The van der Waals surface area contributed by atoms with Crippen LogP contribution in [0, 0.1) is 0 Å². The molecule has 0 saturated carbocycles. The third-order valence-corrected chi connectivity index (χ3v) is 2.33. The second-order valence-electron chi connectivity index (χ2n) is 3.61. The first kappa shape index (κ1) is 14.3. The molecule has 0 amide bonds. The number of esters is 1. The highest BCUT2D eigenvalue weighted by molar-refractivity contribution is 5.71. The van der Waals surface area contributed by atoms with Gasteiger partial charge in [0, 0.05) is 0 Å². The summed E-state index contributed by atoms with van der Waals surface area (Å²) >= 11 is 0. The van der Waals surface area contributed by atoms with Crippen molar-refractivity contribution in [2.45, 2.75) is 13.3 Å². The first-order valence-corrected chi connectivity index (χ1v) is 5.86. The number of hydrogen-bond acceptors (Lipinski definition) is 5. The lowest BCUT2D eigenvalue weighted by molar-refractivity contribution is -0.145. The van der Waals surface area contributed by atoms with E-state index in [4.69, 9.17) is 19.9 Å². The number of carbonyl (C=O) groups is 1. The molecule has 0 unspecified atom stereocenters. The Balaban J connectivity index is 2.71. The predicted molar refractivity (Wildman–Crippen MR) is 67.9 cm³/mol. The second-order valence-corrected chi connectivity index (χ2v) is 3.61. The lowest BCUT2D eigenvalue weighted by atomic mass is 10.1. The largest absolute Gasteiger partial charge is 0.497 e. The van der Waals surface area contributed by atoms with Crippen LogP contribution in [0.4, 0.5) is 0 Å². The minimum Gasteiger partial charge on any atom is -0.497 e. The fraction of sp³-hybridized carbons (Fsp3) is 0.462. The molecule has 0 heterocycles. The molecule has 5 nitrogen and oxygen atoms in total. The summed E-state index contributed by atoms with van der Waals surface area (Å²) in [6.45, 7) is 2.51. The maximum Gasteiger partial charge on any atom is 0.344 e. The zero-order chi connectivity index (χ0) is 13.4. The molecule has 0 aliphatic carbocycles.